The highest BCUT2D eigenvalue weighted by atomic mass is 15.0. The van der Waals surface area contributed by atoms with Gasteiger partial charge in [0, 0.05) is 49.6 Å². The van der Waals surface area contributed by atoms with E-state index in [0.29, 0.717) is 0 Å². The van der Waals surface area contributed by atoms with E-state index in [2.05, 4.69) is 214 Å². The second-order valence-corrected chi connectivity index (χ2v) is 15.2. The minimum Gasteiger partial charge on any atom is -0.313 e. The van der Waals surface area contributed by atoms with Gasteiger partial charge in [0.25, 0.3) is 0 Å². The van der Waals surface area contributed by atoms with Crippen molar-refractivity contribution in [2.45, 2.75) is 12.8 Å². The summed E-state index contributed by atoms with van der Waals surface area (Å²) in [5.74, 6) is 0. The highest BCUT2D eigenvalue weighted by molar-refractivity contribution is 6.17. The summed E-state index contributed by atoms with van der Waals surface area (Å²) in [5.41, 5.74) is 17.5. The first-order valence-electron chi connectivity index (χ1n) is 19.9. The molecule has 0 saturated carbocycles. The van der Waals surface area contributed by atoms with Gasteiger partial charge in [0.2, 0.25) is 0 Å². The zero-order valence-electron chi connectivity index (χ0n) is 31.3. The van der Waals surface area contributed by atoms with Crippen LogP contribution in [-0.2, 0) is 6.42 Å². The number of hydrogen-bond acceptors (Lipinski definition) is 0. The smallest absolute Gasteiger partial charge is 0.0562 e. The topological polar surface area (TPSA) is 14.8 Å². The molecule has 0 aliphatic heterocycles. The van der Waals surface area contributed by atoms with Crippen LogP contribution in [0.25, 0.3) is 99.9 Å². The number of allylic oxidation sites excluding steroid dienone is 1. The fraction of sp³-hybridized carbons (Fsp3) is 0.0370. The number of rotatable bonds is 5. The van der Waals surface area contributed by atoms with Crippen LogP contribution in [0.4, 0.5) is 0 Å². The molecule has 3 heterocycles. The fourth-order valence-electron chi connectivity index (χ4n) is 9.69. The van der Waals surface area contributed by atoms with Crippen LogP contribution < -0.4 is 0 Å². The molecule has 0 saturated heterocycles. The SMILES string of the molecule is C1=C(n2c3ccccc3c3c(-n4c5ccccc5c5ccccc54)cccc32)CCc2c1c1ccccc1n2-c1cccc(-c2cccc(-c3ccccc3)c2)c1. The minimum absolute atomic E-state index is 0.926. The molecule has 268 valence electrons. The van der Waals surface area contributed by atoms with Crippen molar-refractivity contribution in [2.24, 2.45) is 0 Å². The molecule has 1 aliphatic rings. The fourth-order valence-corrected chi connectivity index (χ4v) is 9.69. The van der Waals surface area contributed by atoms with Crippen LogP contribution in [0.3, 0.4) is 0 Å². The van der Waals surface area contributed by atoms with Crippen LogP contribution in [0.5, 0.6) is 0 Å². The monoisotopic (exact) mass is 727 g/mol. The van der Waals surface area contributed by atoms with E-state index in [1.165, 1.54) is 105 Å². The second-order valence-electron chi connectivity index (χ2n) is 15.2. The molecule has 0 N–H and O–H groups in total. The number of benzene rings is 8. The number of nitrogens with zero attached hydrogens (tertiary/aromatic N) is 3. The molecular formula is C54H37N3. The molecule has 3 nitrogen and oxygen atoms in total. The lowest BCUT2D eigenvalue weighted by molar-refractivity contribution is 0.873. The number of aromatic nitrogens is 3. The molecular weight excluding hydrogens is 691 g/mol. The molecule has 0 unspecified atom stereocenters. The largest absolute Gasteiger partial charge is 0.313 e. The molecule has 0 spiro atoms. The van der Waals surface area contributed by atoms with Gasteiger partial charge in [0.15, 0.2) is 0 Å². The number of fused-ring (bicyclic) bond motifs is 9. The summed E-state index contributed by atoms with van der Waals surface area (Å²) in [6, 6.07) is 71.0. The highest BCUT2D eigenvalue weighted by Crippen LogP contribution is 2.43. The maximum atomic E-state index is 2.54. The standard InChI is InChI=1S/C54H37N3/c1-2-15-36(16-3-1)37-17-12-18-38(33-37)39-19-13-20-40(34-39)55-47-25-8-6-23-44(47)46-35-41(31-32-51(46)55)56-50-28-11-7-24-45(50)54-52(56)29-14-30-53(54)57-48-26-9-4-21-42(48)43-22-5-10-27-49(43)57/h1-30,33-35H,31-32H2. The van der Waals surface area contributed by atoms with Crippen LogP contribution in [0.1, 0.15) is 17.7 Å². The first-order chi connectivity index (χ1) is 28.3. The predicted octanol–water partition coefficient (Wildman–Crippen LogP) is 14.1. The molecule has 0 radical (unpaired) electrons. The van der Waals surface area contributed by atoms with Gasteiger partial charge in [-0.2, -0.15) is 0 Å². The van der Waals surface area contributed by atoms with Crippen molar-refractivity contribution in [3.8, 4) is 33.6 Å². The Kier molecular flexibility index (Phi) is 7.05. The van der Waals surface area contributed by atoms with Crippen LogP contribution in [-0.4, -0.2) is 13.7 Å². The predicted molar refractivity (Wildman–Crippen MR) is 240 cm³/mol. The van der Waals surface area contributed by atoms with Crippen molar-refractivity contribution >= 4 is 66.3 Å². The summed E-state index contributed by atoms with van der Waals surface area (Å²) in [7, 11) is 0. The summed E-state index contributed by atoms with van der Waals surface area (Å²) in [5, 5.41) is 6.39. The molecule has 0 fully saturated rings. The number of para-hydroxylation sites is 4. The van der Waals surface area contributed by atoms with Gasteiger partial charge in [0.05, 0.1) is 33.3 Å². The van der Waals surface area contributed by atoms with Crippen molar-refractivity contribution in [3.63, 3.8) is 0 Å². The third-order valence-electron chi connectivity index (χ3n) is 12.1. The molecule has 57 heavy (non-hydrogen) atoms. The Labute approximate surface area is 330 Å². The molecule has 8 aromatic carbocycles. The highest BCUT2D eigenvalue weighted by Gasteiger charge is 2.25. The Morgan fingerprint density at radius 1 is 0.333 bits per heavy atom. The first-order valence-corrected chi connectivity index (χ1v) is 19.9. The average molecular weight is 728 g/mol. The third-order valence-corrected chi connectivity index (χ3v) is 12.1. The lowest BCUT2D eigenvalue weighted by atomic mass is 9.98. The van der Waals surface area contributed by atoms with E-state index < -0.39 is 0 Å². The lowest BCUT2D eigenvalue weighted by Crippen LogP contribution is -2.08. The molecule has 3 heteroatoms. The molecule has 0 bridgehead atoms. The summed E-state index contributed by atoms with van der Waals surface area (Å²) >= 11 is 0. The van der Waals surface area contributed by atoms with E-state index in [4.69, 9.17) is 0 Å². The molecule has 0 atom stereocenters. The van der Waals surface area contributed by atoms with E-state index in [9.17, 15) is 0 Å². The van der Waals surface area contributed by atoms with Gasteiger partial charge in [-0.25, -0.2) is 0 Å². The van der Waals surface area contributed by atoms with Gasteiger partial charge in [0.1, 0.15) is 0 Å². The Bertz CT molecular complexity index is 3350. The van der Waals surface area contributed by atoms with E-state index in [1.54, 1.807) is 0 Å². The summed E-state index contributed by atoms with van der Waals surface area (Å²) in [6.07, 6.45) is 4.34. The normalized spacial score (nSPS) is 12.9. The second kappa shape index (κ2) is 12.6. The van der Waals surface area contributed by atoms with E-state index >= 15 is 0 Å². The van der Waals surface area contributed by atoms with E-state index in [0.717, 1.165) is 12.8 Å². The summed E-state index contributed by atoms with van der Waals surface area (Å²) in [6.45, 7) is 0. The third kappa shape index (κ3) is 4.85. The first kappa shape index (κ1) is 31.9. The van der Waals surface area contributed by atoms with Gasteiger partial charge in [-0.15, -0.1) is 0 Å². The van der Waals surface area contributed by atoms with Gasteiger partial charge in [-0.1, -0.05) is 140 Å². The van der Waals surface area contributed by atoms with Gasteiger partial charge in [-0.05, 0) is 95.8 Å². The molecule has 0 amide bonds. The maximum Gasteiger partial charge on any atom is 0.0562 e. The average Bonchev–Trinajstić information content (AvgIpc) is 3.92. The van der Waals surface area contributed by atoms with Crippen molar-refractivity contribution in [3.05, 3.63) is 205 Å². The Balaban J connectivity index is 1.03. The van der Waals surface area contributed by atoms with Crippen LogP contribution in [0.2, 0.25) is 0 Å². The Morgan fingerprint density at radius 3 is 1.56 bits per heavy atom. The molecule has 12 rings (SSSR count). The summed E-state index contributed by atoms with van der Waals surface area (Å²) in [4.78, 5) is 0. The van der Waals surface area contributed by atoms with Gasteiger partial charge < -0.3 is 13.7 Å². The van der Waals surface area contributed by atoms with Crippen LogP contribution >= 0.6 is 0 Å². The van der Waals surface area contributed by atoms with Crippen molar-refractivity contribution in [1.29, 1.82) is 0 Å². The molecule has 3 aromatic heterocycles. The van der Waals surface area contributed by atoms with Crippen molar-refractivity contribution < 1.29 is 0 Å². The zero-order chi connectivity index (χ0) is 37.5. The summed E-state index contributed by atoms with van der Waals surface area (Å²) < 4.78 is 7.52. The van der Waals surface area contributed by atoms with E-state index in [-0.39, 0.29) is 0 Å². The van der Waals surface area contributed by atoms with Gasteiger partial charge in [-0.3, -0.25) is 0 Å². The quantitative estimate of drug-likeness (QED) is 0.168. The Morgan fingerprint density at radius 2 is 0.842 bits per heavy atom. The maximum absolute atomic E-state index is 2.54. The van der Waals surface area contributed by atoms with Crippen LogP contribution in [0.15, 0.2) is 194 Å². The molecule has 1 aliphatic carbocycles. The van der Waals surface area contributed by atoms with Crippen molar-refractivity contribution in [1.82, 2.24) is 13.7 Å². The van der Waals surface area contributed by atoms with Gasteiger partial charge >= 0.3 is 0 Å². The molecule has 11 aromatic rings. The Hall–Kier alpha value is -7.36. The van der Waals surface area contributed by atoms with Crippen molar-refractivity contribution in [2.75, 3.05) is 0 Å². The lowest BCUT2D eigenvalue weighted by Gasteiger charge is -2.20. The minimum atomic E-state index is 0.926. The van der Waals surface area contributed by atoms with Crippen LogP contribution in [0, 0.1) is 0 Å². The zero-order valence-corrected chi connectivity index (χ0v) is 31.3. The van der Waals surface area contributed by atoms with E-state index in [1.807, 2.05) is 0 Å². The number of hydrogen-bond donors (Lipinski definition) is 0.